The van der Waals surface area contributed by atoms with Crippen LogP contribution < -0.4 is 9.46 Å². The van der Waals surface area contributed by atoms with Gasteiger partial charge < -0.3 is 9.64 Å². The van der Waals surface area contributed by atoms with Crippen LogP contribution in [0.25, 0.3) is 0 Å². The van der Waals surface area contributed by atoms with Gasteiger partial charge >= 0.3 is 0 Å². The SMILES string of the molecule is CS(=O)(=O)Nc1ccc2c(c1)C(=O)CC1(CCN(CCc3ccc([N+](=O)[O-])cc3)CC1)O2.Cl. The minimum atomic E-state index is -3.42. The number of fused-ring (bicyclic) bond motifs is 1. The van der Waals surface area contributed by atoms with E-state index in [1.165, 1.54) is 18.2 Å². The Morgan fingerprint density at radius 1 is 1.15 bits per heavy atom. The lowest BCUT2D eigenvalue weighted by Crippen LogP contribution is -2.51. The molecule has 2 aromatic carbocycles. The van der Waals surface area contributed by atoms with Gasteiger partial charge in [0.05, 0.1) is 23.2 Å². The molecule has 0 unspecified atom stereocenters. The lowest BCUT2D eigenvalue weighted by atomic mass is 9.82. The molecular weight excluding hydrogens is 470 g/mol. The van der Waals surface area contributed by atoms with Crippen LogP contribution in [0.1, 0.15) is 35.2 Å². The summed E-state index contributed by atoms with van der Waals surface area (Å²) in [5, 5.41) is 10.8. The average molecular weight is 496 g/mol. The predicted molar refractivity (Wildman–Crippen MR) is 127 cm³/mol. The third-order valence-corrected chi connectivity index (χ3v) is 6.63. The number of non-ortho nitro benzene ring substituents is 1. The molecule has 9 nitrogen and oxygen atoms in total. The van der Waals surface area contributed by atoms with Crippen LogP contribution >= 0.6 is 12.4 Å². The zero-order valence-electron chi connectivity index (χ0n) is 18.2. The van der Waals surface area contributed by atoms with Gasteiger partial charge in [0.1, 0.15) is 11.4 Å². The molecule has 0 bridgehead atoms. The Labute approximate surface area is 198 Å². The second kappa shape index (κ2) is 9.66. The predicted octanol–water partition coefficient (Wildman–Crippen LogP) is 3.43. The highest BCUT2D eigenvalue weighted by atomic mass is 35.5. The molecule has 2 heterocycles. The van der Waals surface area contributed by atoms with Gasteiger partial charge in [-0.2, -0.15) is 0 Å². The number of hydrogen-bond acceptors (Lipinski definition) is 7. The summed E-state index contributed by atoms with van der Waals surface area (Å²) in [6.45, 7) is 2.42. The number of ether oxygens (including phenoxy) is 1. The van der Waals surface area contributed by atoms with E-state index in [-0.39, 0.29) is 30.3 Å². The van der Waals surface area contributed by atoms with Crippen molar-refractivity contribution in [3.63, 3.8) is 0 Å². The van der Waals surface area contributed by atoms with Gasteiger partial charge in [-0.3, -0.25) is 19.6 Å². The van der Waals surface area contributed by atoms with Gasteiger partial charge in [0, 0.05) is 50.3 Å². The number of Topliss-reactive ketones (excluding diaryl/α,β-unsaturated/α-hetero) is 1. The van der Waals surface area contributed by atoms with E-state index in [0.29, 0.717) is 17.0 Å². The normalized spacial score (nSPS) is 17.5. The molecule has 4 rings (SSSR count). The smallest absolute Gasteiger partial charge is 0.269 e. The molecule has 0 atom stereocenters. The third kappa shape index (κ3) is 6.01. The Kier molecular flexibility index (Phi) is 7.30. The lowest BCUT2D eigenvalue weighted by Gasteiger charge is -2.44. The van der Waals surface area contributed by atoms with Crippen molar-refractivity contribution in [3.8, 4) is 5.75 Å². The van der Waals surface area contributed by atoms with E-state index >= 15 is 0 Å². The number of likely N-dealkylation sites (tertiary alicyclic amines) is 1. The van der Waals surface area contributed by atoms with E-state index in [2.05, 4.69) is 9.62 Å². The van der Waals surface area contributed by atoms with E-state index in [0.717, 1.165) is 50.7 Å². The maximum Gasteiger partial charge on any atom is 0.269 e. The molecule has 2 aliphatic rings. The number of piperidine rings is 1. The van der Waals surface area contributed by atoms with Crippen LogP contribution in [-0.2, 0) is 16.4 Å². The fraction of sp³-hybridized carbons (Fsp3) is 0.409. The fourth-order valence-corrected chi connectivity index (χ4v) is 4.86. The Balaban J connectivity index is 0.00000306. The number of hydrogen-bond donors (Lipinski definition) is 1. The first-order valence-electron chi connectivity index (χ1n) is 10.4. The summed E-state index contributed by atoms with van der Waals surface area (Å²) >= 11 is 0. The number of halogens is 1. The summed E-state index contributed by atoms with van der Waals surface area (Å²) in [6.07, 6.45) is 3.58. The van der Waals surface area contributed by atoms with Gasteiger partial charge in [-0.05, 0) is 30.2 Å². The number of anilines is 1. The molecule has 0 radical (unpaired) electrons. The quantitative estimate of drug-likeness (QED) is 0.481. The molecule has 2 aliphatic heterocycles. The number of benzene rings is 2. The van der Waals surface area contributed by atoms with E-state index in [9.17, 15) is 23.3 Å². The van der Waals surface area contributed by atoms with Crippen LogP contribution in [0.5, 0.6) is 5.75 Å². The summed E-state index contributed by atoms with van der Waals surface area (Å²) in [5.74, 6) is 0.461. The van der Waals surface area contributed by atoms with Crippen molar-refractivity contribution in [1.29, 1.82) is 0 Å². The van der Waals surface area contributed by atoms with E-state index in [1.807, 2.05) is 0 Å². The number of carbonyl (C=O) groups excluding carboxylic acids is 1. The lowest BCUT2D eigenvalue weighted by molar-refractivity contribution is -0.384. The molecule has 1 saturated heterocycles. The van der Waals surface area contributed by atoms with Crippen LogP contribution in [-0.4, -0.2) is 55.5 Å². The molecule has 0 saturated carbocycles. The Bertz CT molecular complexity index is 1150. The molecule has 0 aromatic heterocycles. The summed E-state index contributed by atoms with van der Waals surface area (Å²) in [5.41, 5.74) is 1.37. The number of nitrogens with zero attached hydrogens (tertiary/aromatic N) is 2. The van der Waals surface area contributed by atoms with Crippen molar-refractivity contribution in [2.75, 3.05) is 30.6 Å². The topological polar surface area (TPSA) is 119 Å². The zero-order valence-corrected chi connectivity index (χ0v) is 19.8. The first-order valence-corrected chi connectivity index (χ1v) is 12.3. The van der Waals surface area contributed by atoms with Crippen molar-refractivity contribution in [1.82, 2.24) is 4.90 Å². The molecule has 11 heteroatoms. The van der Waals surface area contributed by atoms with E-state index in [1.54, 1.807) is 24.3 Å². The van der Waals surface area contributed by atoms with Gasteiger partial charge in [-0.25, -0.2) is 8.42 Å². The van der Waals surface area contributed by atoms with Gasteiger partial charge in [-0.1, -0.05) is 12.1 Å². The molecule has 0 aliphatic carbocycles. The number of sulfonamides is 1. The van der Waals surface area contributed by atoms with Crippen LogP contribution in [0.15, 0.2) is 42.5 Å². The Hall–Kier alpha value is -2.69. The summed E-state index contributed by atoms with van der Waals surface area (Å²) in [4.78, 5) is 25.5. The standard InChI is InChI=1S/C22H25N3O6S.ClH/c1-32(29,30)23-17-4-7-21-19(14-17)20(26)15-22(31-21)9-12-24(13-10-22)11-8-16-2-5-18(6-3-16)25(27)28;/h2-7,14,23H,8-13,15H2,1H3;1H. The molecule has 1 fully saturated rings. The largest absolute Gasteiger partial charge is 0.486 e. The fourth-order valence-electron chi connectivity index (χ4n) is 4.31. The van der Waals surface area contributed by atoms with Crippen molar-refractivity contribution < 1.29 is 22.9 Å². The van der Waals surface area contributed by atoms with Gasteiger partial charge in [0.15, 0.2) is 5.78 Å². The van der Waals surface area contributed by atoms with Crippen molar-refractivity contribution in [2.45, 2.75) is 31.3 Å². The zero-order chi connectivity index (χ0) is 22.9. The van der Waals surface area contributed by atoms with E-state index < -0.39 is 20.5 Å². The first-order chi connectivity index (χ1) is 15.1. The highest BCUT2D eigenvalue weighted by molar-refractivity contribution is 7.92. The number of ketones is 1. The molecule has 1 spiro atoms. The monoisotopic (exact) mass is 495 g/mol. The van der Waals surface area contributed by atoms with Crippen molar-refractivity contribution >= 4 is 39.6 Å². The number of carbonyl (C=O) groups is 1. The molecule has 33 heavy (non-hydrogen) atoms. The van der Waals surface area contributed by atoms with Gasteiger partial charge in [0.2, 0.25) is 10.0 Å². The third-order valence-electron chi connectivity index (χ3n) is 6.02. The Morgan fingerprint density at radius 3 is 2.42 bits per heavy atom. The highest BCUT2D eigenvalue weighted by Gasteiger charge is 2.42. The van der Waals surface area contributed by atoms with Crippen molar-refractivity contribution in [2.24, 2.45) is 0 Å². The maximum atomic E-state index is 12.8. The first kappa shape index (κ1) is 24.9. The number of nitrogens with one attached hydrogen (secondary N) is 1. The number of nitro groups is 1. The summed E-state index contributed by atoms with van der Waals surface area (Å²) in [6, 6.07) is 11.4. The maximum absolute atomic E-state index is 12.8. The minimum absolute atomic E-state index is 0. The molecule has 0 amide bonds. The molecular formula is C22H26ClN3O6S. The highest BCUT2D eigenvalue weighted by Crippen LogP contribution is 2.40. The van der Waals surface area contributed by atoms with Crippen LogP contribution in [0.2, 0.25) is 0 Å². The van der Waals surface area contributed by atoms with Crippen LogP contribution in [0.3, 0.4) is 0 Å². The summed E-state index contributed by atoms with van der Waals surface area (Å²) in [7, 11) is -3.42. The number of nitro benzene ring substituents is 1. The van der Waals surface area contributed by atoms with Crippen LogP contribution in [0, 0.1) is 10.1 Å². The van der Waals surface area contributed by atoms with Gasteiger partial charge in [-0.15, -0.1) is 12.4 Å². The van der Waals surface area contributed by atoms with E-state index in [4.69, 9.17) is 4.74 Å². The Morgan fingerprint density at radius 2 is 1.82 bits per heavy atom. The minimum Gasteiger partial charge on any atom is -0.486 e. The molecule has 1 N–H and O–H groups in total. The molecule has 178 valence electrons. The van der Waals surface area contributed by atoms with Crippen LogP contribution in [0.4, 0.5) is 11.4 Å². The molecule has 2 aromatic rings. The van der Waals surface area contributed by atoms with Gasteiger partial charge in [0.25, 0.3) is 5.69 Å². The van der Waals surface area contributed by atoms with Crippen molar-refractivity contribution in [3.05, 3.63) is 63.7 Å². The second-order valence-corrected chi connectivity index (χ2v) is 10.2. The number of rotatable bonds is 6. The summed E-state index contributed by atoms with van der Waals surface area (Å²) < 4.78 is 31.6. The average Bonchev–Trinajstić information content (AvgIpc) is 2.73. The second-order valence-electron chi connectivity index (χ2n) is 8.49.